The first-order chi connectivity index (χ1) is 8.52. The van der Waals surface area contributed by atoms with Gasteiger partial charge in [0.2, 0.25) is 0 Å². The molecule has 0 radical (unpaired) electrons. The maximum Gasteiger partial charge on any atom is 0.134 e. The second-order valence-corrected chi connectivity index (χ2v) is 6.37. The highest BCUT2D eigenvalue weighted by Crippen LogP contribution is 2.28. The molecule has 2 nitrogen and oxygen atoms in total. The van der Waals surface area contributed by atoms with Crippen LogP contribution in [-0.2, 0) is 12.0 Å². The summed E-state index contributed by atoms with van der Waals surface area (Å²) in [4.78, 5) is 0. The van der Waals surface area contributed by atoms with E-state index in [4.69, 9.17) is 4.42 Å². The molecule has 0 amide bonds. The van der Waals surface area contributed by atoms with Gasteiger partial charge in [-0.1, -0.05) is 26.8 Å². The maximum absolute atomic E-state index is 5.85. The zero-order valence-electron chi connectivity index (χ0n) is 11.4. The van der Waals surface area contributed by atoms with E-state index in [0.717, 1.165) is 23.9 Å². The topological polar surface area (TPSA) is 25.2 Å². The van der Waals surface area contributed by atoms with Crippen LogP contribution in [0.5, 0.6) is 0 Å². The molecule has 0 saturated heterocycles. The molecule has 1 fully saturated rings. The number of rotatable bonds is 3. The molecule has 96 valence electrons. The second kappa shape index (κ2) is 4.13. The molecule has 0 spiro atoms. The first-order valence-electron chi connectivity index (χ1n) is 6.79. The summed E-state index contributed by atoms with van der Waals surface area (Å²) >= 11 is 0. The van der Waals surface area contributed by atoms with E-state index >= 15 is 0 Å². The molecule has 0 bridgehead atoms. The molecule has 0 atom stereocenters. The zero-order valence-corrected chi connectivity index (χ0v) is 11.4. The van der Waals surface area contributed by atoms with Crippen LogP contribution < -0.4 is 5.32 Å². The Morgan fingerprint density at radius 2 is 2.00 bits per heavy atom. The van der Waals surface area contributed by atoms with Gasteiger partial charge in [0.15, 0.2) is 0 Å². The van der Waals surface area contributed by atoms with Gasteiger partial charge in [-0.25, -0.2) is 0 Å². The fourth-order valence-corrected chi connectivity index (χ4v) is 2.18. The molecule has 18 heavy (non-hydrogen) atoms. The van der Waals surface area contributed by atoms with Crippen molar-refractivity contribution in [1.29, 1.82) is 0 Å². The molecule has 2 heteroatoms. The van der Waals surface area contributed by atoms with Crippen molar-refractivity contribution in [2.24, 2.45) is 0 Å². The third-order valence-electron chi connectivity index (χ3n) is 3.58. The number of benzene rings is 1. The Balaban J connectivity index is 1.86. The van der Waals surface area contributed by atoms with Gasteiger partial charge in [-0.15, -0.1) is 0 Å². The quantitative estimate of drug-likeness (QED) is 0.882. The van der Waals surface area contributed by atoms with Crippen LogP contribution in [-0.4, -0.2) is 6.04 Å². The van der Waals surface area contributed by atoms with Crippen molar-refractivity contribution in [3.63, 3.8) is 0 Å². The monoisotopic (exact) mass is 243 g/mol. The molecular weight excluding hydrogens is 222 g/mol. The van der Waals surface area contributed by atoms with Gasteiger partial charge in [-0.05, 0) is 42.0 Å². The van der Waals surface area contributed by atoms with E-state index in [2.05, 4.69) is 50.4 Å². The van der Waals surface area contributed by atoms with Crippen molar-refractivity contribution in [3.8, 4) is 0 Å². The largest absolute Gasteiger partial charge is 0.460 e. The number of furan rings is 1. The summed E-state index contributed by atoms with van der Waals surface area (Å²) in [5, 5.41) is 4.70. The third kappa shape index (κ3) is 2.44. The van der Waals surface area contributed by atoms with Gasteiger partial charge in [-0.3, -0.25) is 0 Å². The summed E-state index contributed by atoms with van der Waals surface area (Å²) in [6, 6.07) is 9.41. The van der Waals surface area contributed by atoms with Crippen LogP contribution in [0.1, 0.15) is 44.9 Å². The molecule has 0 aliphatic heterocycles. The van der Waals surface area contributed by atoms with Crippen molar-refractivity contribution in [3.05, 3.63) is 35.6 Å². The van der Waals surface area contributed by atoms with Crippen LogP contribution in [0.2, 0.25) is 0 Å². The smallest absolute Gasteiger partial charge is 0.134 e. The summed E-state index contributed by atoms with van der Waals surface area (Å²) in [6.45, 7) is 7.57. The van der Waals surface area contributed by atoms with Gasteiger partial charge in [-0.2, -0.15) is 0 Å². The Morgan fingerprint density at radius 1 is 1.22 bits per heavy atom. The predicted octanol–water partition coefficient (Wildman–Crippen LogP) is 3.98. The second-order valence-electron chi connectivity index (χ2n) is 6.37. The third-order valence-corrected chi connectivity index (χ3v) is 3.58. The highest BCUT2D eigenvalue weighted by molar-refractivity contribution is 5.79. The van der Waals surface area contributed by atoms with Crippen molar-refractivity contribution < 1.29 is 4.42 Å². The lowest BCUT2D eigenvalue weighted by atomic mass is 9.86. The highest BCUT2D eigenvalue weighted by atomic mass is 16.3. The van der Waals surface area contributed by atoms with Gasteiger partial charge in [0, 0.05) is 11.4 Å². The van der Waals surface area contributed by atoms with Gasteiger partial charge < -0.3 is 9.73 Å². The molecule has 1 saturated carbocycles. The normalized spacial score (nSPS) is 16.4. The minimum absolute atomic E-state index is 0.192. The van der Waals surface area contributed by atoms with Gasteiger partial charge in [0.25, 0.3) is 0 Å². The zero-order chi connectivity index (χ0) is 12.8. The standard InChI is InChI=1S/C16H21NO/c1-16(2,3)12-4-7-15-11(8-12)9-14(18-15)10-17-13-5-6-13/h4,7-9,13,17H,5-6,10H2,1-3H3. The molecule has 1 aromatic carbocycles. The van der Waals surface area contributed by atoms with Gasteiger partial charge in [0.1, 0.15) is 11.3 Å². The Hall–Kier alpha value is -1.28. The molecule has 2 aromatic rings. The highest BCUT2D eigenvalue weighted by Gasteiger charge is 2.21. The first-order valence-corrected chi connectivity index (χ1v) is 6.79. The van der Waals surface area contributed by atoms with Gasteiger partial charge in [0.05, 0.1) is 6.54 Å². The minimum Gasteiger partial charge on any atom is -0.460 e. The number of fused-ring (bicyclic) bond motifs is 1. The molecule has 1 aliphatic rings. The predicted molar refractivity (Wildman–Crippen MR) is 74.8 cm³/mol. The fraction of sp³-hybridized carbons (Fsp3) is 0.500. The Morgan fingerprint density at radius 3 is 2.67 bits per heavy atom. The lowest BCUT2D eigenvalue weighted by molar-refractivity contribution is 0.512. The van der Waals surface area contributed by atoms with Crippen LogP contribution in [0.4, 0.5) is 0 Å². The first kappa shape index (κ1) is 11.8. The molecule has 0 unspecified atom stereocenters. The van der Waals surface area contributed by atoms with E-state index in [1.807, 2.05) is 0 Å². The summed E-state index contributed by atoms with van der Waals surface area (Å²) in [5.41, 5.74) is 2.55. The van der Waals surface area contributed by atoms with E-state index in [1.54, 1.807) is 0 Å². The number of nitrogens with one attached hydrogen (secondary N) is 1. The number of hydrogen-bond acceptors (Lipinski definition) is 2. The van der Waals surface area contributed by atoms with E-state index in [1.165, 1.54) is 23.8 Å². The Bertz CT molecular complexity index is 558. The van der Waals surface area contributed by atoms with E-state index in [-0.39, 0.29) is 5.41 Å². The molecule has 1 aliphatic carbocycles. The summed E-state index contributed by atoms with van der Waals surface area (Å²) in [5.74, 6) is 1.04. The lowest BCUT2D eigenvalue weighted by Gasteiger charge is -2.18. The SMILES string of the molecule is CC(C)(C)c1ccc2oc(CNC3CC3)cc2c1. The molecule has 1 N–H and O–H groups in total. The van der Waals surface area contributed by atoms with Crippen molar-refractivity contribution >= 4 is 11.0 Å². The number of hydrogen-bond donors (Lipinski definition) is 1. The van der Waals surface area contributed by atoms with E-state index < -0.39 is 0 Å². The molecule has 1 heterocycles. The van der Waals surface area contributed by atoms with Crippen molar-refractivity contribution in [2.45, 2.75) is 51.6 Å². The van der Waals surface area contributed by atoms with Crippen LogP contribution in [0.25, 0.3) is 11.0 Å². The summed E-state index contributed by atoms with van der Waals surface area (Å²) in [7, 11) is 0. The summed E-state index contributed by atoms with van der Waals surface area (Å²) in [6.07, 6.45) is 2.63. The fourth-order valence-electron chi connectivity index (χ4n) is 2.18. The Labute approximate surface area is 108 Å². The average molecular weight is 243 g/mol. The summed E-state index contributed by atoms with van der Waals surface area (Å²) < 4.78 is 5.85. The average Bonchev–Trinajstić information content (AvgIpc) is 3.03. The van der Waals surface area contributed by atoms with E-state index in [9.17, 15) is 0 Å². The van der Waals surface area contributed by atoms with Crippen molar-refractivity contribution in [1.82, 2.24) is 5.32 Å². The molecule has 3 rings (SSSR count). The van der Waals surface area contributed by atoms with E-state index in [0.29, 0.717) is 0 Å². The van der Waals surface area contributed by atoms with Crippen LogP contribution >= 0.6 is 0 Å². The van der Waals surface area contributed by atoms with Crippen LogP contribution in [0.15, 0.2) is 28.7 Å². The van der Waals surface area contributed by atoms with Crippen molar-refractivity contribution in [2.75, 3.05) is 0 Å². The van der Waals surface area contributed by atoms with Crippen LogP contribution in [0, 0.1) is 0 Å². The molecular formula is C16H21NO. The van der Waals surface area contributed by atoms with Crippen LogP contribution in [0.3, 0.4) is 0 Å². The minimum atomic E-state index is 0.192. The van der Waals surface area contributed by atoms with Gasteiger partial charge >= 0.3 is 0 Å². The molecule has 1 aromatic heterocycles. The lowest BCUT2D eigenvalue weighted by Crippen LogP contribution is -2.14. The maximum atomic E-state index is 5.85. The Kier molecular flexibility index (Phi) is 2.70.